The van der Waals surface area contributed by atoms with Crippen LogP contribution in [0.3, 0.4) is 0 Å². The summed E-state index contributed by atoms with van der Waals surface area (Å²) in [6.07, 6.45) is 3.25. The summed E-state index contributed by atoms with van der Waals surface area (Å²) in [6.45, 7) is 8.09. The molecule has 18 heavy (non-hydrogen) atoms. The minimum Gasteiger partial charge on any atom is -0.496 e. The maximum atomic E-state index is 11.5. The summed E-state index contributed by atoms with van der Waals surface area (Å²) in [4.78, 5) is 11.5. The van der Waals surface area contributed by atoms with Crippen LogP contribution < -0.4 is 10.1 Å². The molecular formula is C15H19NO2. The number of hydrogen-bond acceptors (Lipinski definition) is 2. The highest BCUT2D eigenvalue weighted by Gasteiger charge is 2.00. The van der Waals surface area contributed by atoms with E-state index in [1.807, 2.05) is 32.0 Å². The first-order chi connectivity index (χ1) is 8.52. The van der Waals surface area contributed by atoms with Crippen LogP contribution >= 0.6 is 0 Å². The summed E-state index contributed by atoms with van der Waals surface area (Å²) in [5.74, 6) is 0.617. The van der Waals surface area contributed by atoms with Crippen LogP contribution in [0.5, 0.6) is 5.75 Å². The Morgan fingerprint density at radius 3 is 2.83 bits per heavy atom. The van der Waals surface area contributed by atoms with E-state index in [9.17, 15) is 4.79 Å². The first-order valence-electron chi connectivity index (χ1n) is 5.78. The minimum absolute atomic E-state index is 0.137. The van der Waals surface area contributed by atoms with Crippen LogP contribution in [0.25, 0.3) is 6.08 Å². The van der Waals surface area contributed by atoms with Crippen LogP contribution in [-0.2, 0) is 4.79 Å². The van der Waals surface area contributed by atoms with Gasteiger partial charge >= 0.3 is 0 Å². The number of methoxy groups -OCH3 is 1. The van der Waals surface area contributed by atoms with Gasteiger partial charge in [0.05, 0.1) is 7.11 Å². The van der Waals surface area contributed by atoms with E-state index in [1.54, 1.807) is 13.2 Å². The van der Waals surface area contributed by atoms with Crippen molar-refractivity contribution in [1.29, 1.82) is 0 Å². The van der Waals surface area contributed by atoms with Gasteiger partial charge in [-0.1, -0.05) is 23.8 Å². The van der Waals surface area contributed by atoms with Crippen molar-refractivity contribution in [3.05, 3.63) is 47.6 Å². The molecule has 1 N–H and O–H groups in total. The number of nitrogens with one attached hydrogen (secondary N) is 1. The van der Waals surface area contributed by atoms with E-state index in [1.165, 1.54) is 6.08 Å². The summed E-state index contributed by atoms with van der Waals surface area (Å²) in [5, 5.41) is 2.74. The zero-order valence-corrected chi connectivity index (χ0v) is 11.1. The van der Waals surface area contributed by atoms with Gasteiger partial charge in [-0.15, -0.1) is 0 Å². The lowest BCUT2D eigenvalue weighted by atomic mass is 10.1. The molecule has 0 aromatic heterocycles. The Morgan fingerprint density at radius 2 is 2.22 bits per heavy atom. The number of carbonyl (C=O) groups excluding carboxylic acids is 1. The van der Waals surface area contributed by atoms with E-state index in [4.69, 9.17) is 4.74 Å². The number of benzene rings is 1. The molecule has 0 aliphatic rings. The van der Waals surface area contributed by atoms with Gasteiger partial charge in [0.2, 0.25) is 5.91 Å². The van der Waals surface area contributed by atoms with Crippen molar-refractivity contribution in [3.8, 4) is 5.75 Å². The molecule has 3 nitrogen and oxygen atoms in total. The third kappa shape index (κ3) is 4.45. The first kappa shape index (κ1) is 14.0. The molecule has 0 spiro atoms. The molecule has 3 heteroatoms. The predicted octanol–water partition coefficient (Wildman–Crippen LogP) is 2.71. The van der Waals surface area contributed by atoms with Crippen LogP contribution in [0.2, 0.25) is 0 Å². The summed E-state index contributed by atoms with van der Waals surface area (Å²) in [6, 6.07) is 5.83. The van der Waals surface area contributed by atoms with Gasteiger partial charge in [-0.2, -0.15) is 0 Å². The quantitative estimate of drug-likeness (QED) is 0.640. The van der Waals surface area contributed by atoms with Crippen LogP contribution in [0.1, 0.15) is 18.1 Å². The van der Waals surface area contributed by atoms with Crippen molar-refractivity contribution in [2.75, 3.05) is 13.7 Å². The second-order valence-corrected chi connectivity index (χ2v) is 4.25. The monoisotopic (exact) mass is 245 g/mol. The summed E-state index contributed by atoms with van der Waals surface area (Å²) >= 11 is 0. The van der Waals surface area contributed by atoms with Crippen molar-refractivity contribution < 1.29 is 9.53 Å². The second-order valence-electron chi connectivity index (χ2n) is 4.25. The fourth-order valence-corrected chi connectivity index (χ4v) is 1.45. The zero-order chi connectivity index (χ0) is 13.5. The molecule has 0 fully saturated rings. The third-order valence-electron chi connectivity index (χ3n) is 2.36. The molecule has 0 bridgehead atoms. The summed E-state index contributed by atoms with van der Waals surface area (Å²) in [5.41, 5.74) is 2.94. The average molecular weight is 245 g/mol. The van der Waals surface area contributed by atoms with E-state index >= 15 is 0 Å². The van der Waals surface area contributed by atoms with Crippen LogP contribution in [0.4, 0.5) is 0 Å². The number of amides is 1. The maximum absolute atomic E-state index is 11.5. The number of carbonyl (C=O) groups is 1. The molecule has 0 aliphatic carbocycles. The Labute approximate surface area is 108 Å². The van der Waals surface area contributed by atoms with Gasteiger partial charge in [-0.05, 0) is 32.1 Å². The Balaban J connectivity index is 2.74. The van der Waals surface area contributed by atoms with E-state index in [-0.39, 0.29) is 5.91 Å². The molecule has 1 aromatic carbocycles. The number of rotatable bonds is 5. The van der Waals surface area contributed by atoms with Gasteiger partial charge in [0.1, 0.15) is 5.75 Å². The van der Waals surface area contributed by atoms with E-state index in [0.717, 1.165) is 22.4 Å². The molecule has 0 heterocycles. The lowest BCUT2D eigenvalue weighted by Crippen LogP contribution is -2.22. The lowest BCUT2D eigenvalue weighted by molar-refractivity contribution is -0.116. The third-order valence-corrected chi connectivity index (χ3v) is 2.36. The molecule has 1 aromatic rings. The summed E-state index contributed by atoms with van der Waals surface area (Å²) in [7, 11) is 1.61. The molecule has 1 rings (SSSR count). The van der Waals surface area contributed by atoms with Gasteiger partial charge < -0.3 is 10.1 Å². The molecule has 1 amide bonds. The molecule has 0 aliphatic heterocycles. The van der Waals surface area contributed by atoms with E-state index < -0.39 is 0 Å². The average Bonchev–Trinajstić information content (AvgIpc) is 2.34. The molecule has 0 saturated carbocycles. The highest BCUT2D eigenvalue weighted by molar-refractivity contribution is 5.92. The Kier molecular flexibility index (Phi) is 5.18. The van der Waals surface area contributed by atoms with Crippen LogP contribution in [-0.4, -0.2) is 19.6 Å². The van der Waals surface area contributed by atoms with Gasteiger partial charge in [0, 0.05) is 18.2 Å². The molecule has 0 unspecified atom stereocenters. The summed E-state index contributed by atoms with van der Waals surface area (Å²) < 4.78 is 5.23. The van der Waals surface area contributed by atoms with Crippen LogP contribution in [0, 0.1) is 6.92 Å². The standard InChI is InChI=1S/C15H19NO2/c1-11(2)10-16-15(17)8-6-13-9-12(3)5-7-14(13)18-4/h5-9H,1,10H2,2-4H3,(H,16,17)/b8-6+. The first-order valence-corrected chi connectivity index (χ1v) is 5.78. The van der Waals surface area contributed by atoms with E-state index in [0.29, 0.717) is 6.54 Å². The number of ether oxygens (including phenoxy) is 1. The highest BCUT2D eigenvalue weighted by atomic mass is 16.5. The highest BCUT2D eigenvalue weighted by Crippen LogP contribution is 2.20. The van der Waals surface area contributed by atoms with Crippen molar-refractivity contribution >= 4 is 12.0 Å². The Morgan fingerprint density at radius 1 is 1.50 bits per heavy atom. The smallest absolute Gasteiger partial charge is 0.244 e. The Bertz CT molecular complexity index is 475. The fourth-order valence-electron chi connectivity index (χ4n) is 1.45. The van der Waals surface area contributed by atoms with Crippen molar-refractivity contribution in [2.45, 2.75) is 13.8 Å². The van der Waals surface area contributed by atoms with Gasteiger partial charge in [0.25, 0.3) is 0 Å². The minimum atomic E-state index is -0.137. The maximum Gasteiger partial charge on any atom is 0.244 e. The lowest BCUT2D eigenvalue weighted by Gasteiger charge is -2.05. The van der Waals surface area contributed by atoms with Crippen LogP contribution in [0.15, 0.2) is 36.4 Å². The zero-order valence-electron chi connectivity index (χ0n) is 11.1. The SMILES string of the molecule is C=C(C)CNC(=O)/C=C/c1cc(C)ccc1OC. The largest absolute Gasteiger partial charge is 0.496 e. The molecule has 96 valence electrons. The normalized spacial score (nSPS) is 10.4. The molecular weight excluding hydrogens is 226 g/mol. The van der Waals surface area contributed by atoms with Gasteiger partial charge in [-0.25, -0.2) is 0 Å². The van der Waals surface area contributed by atoms with Gasteiger partial charge in [0.15, 0.2) is 0 Å². The fraction of sp³-hybridized carbons (Fsp3) is 0.267. The molecule has 0 atom stereocenters. The number of hydrogen-bond donors (Lipinski definition) is 1. The van der Waals surface area contributed by atoms with Crippen molar-refractivity contribution in [1.82, 2.24) is 5.32 Å². The number of aryl methyl sites for hydroxylation is 1. The van der Waals surface area contributed by atoms with E-state index in [2.05, 4.69) is 11.9 Å². The van der Waals surface area contributed by atoms with Crippen molar-refractivity contribution in [3.63, 3.8) is 0 Å². The topological polar surface area (TPSA) is 38.3 Å². The molecule has 0 radical (unpaired) electrons. The van der Waals surface area contributed by atoms with Gasteiger partial charge in [-0.3, -0.25) is 4.79 Å². The molecule has 0 saturated heterocycles. The predicted molar refractivity (Wildman–Crippen MR) is 74.6 cm³/mol. The second kappa shape index (κ2) is 6.64. The van der Waals surface area contributed by atoms with Crippen molar-refractivity contribution in [2.24, 2.45) is 0 Å². The Hall–Kier alpha value is -2.03.